The van der Waals surface area contributed by atoms with E-state index in [0.29, 0.717) is 19.0 Å². The quantitative estimate of drug-likeness (QED) is 0.832. The smallest absolute Gasteiger partial charge is 0.221 e. The molecule has 0 fully saturated rings. The molecular weight excluding hydrogens is 204 g/mol. The lowest BCUT2D eigenvalue weighted by molar-refractivity contribution is 0.317. The molecule has 5 nitrogen and oxygen atoms in total. The van der Waals surface area contributed by atoms with E-state index in [4.69, 9.17) is 10.5 Å². The van der Waals surface area contributed by atoms with E-state index >= 15 is 0 Å². The second-order valence-corrected chi connectivity index (χ2v) is 3.44. The first-order valence-corrected chi connectivity index (χ1v) is 5.09. The van der Waals surface area contributed by atoms with Gasteiger partial charge in [-0.1, -0.05) is 18.2 Å². The third-order valence-corrected chi connectivity index (χ3v) is 2.34. The second kappa shape index (κ2) is 4.65. The van der Waals surface area contributed by atoms with Crippen molar-refractivity contribution < 1.29 is 4.74 Å². The van der Waals surface area contributed by atoms with E-state index in [1.807, 2.05) is 37.4 Å². The monoisotopic (exact) mass is 218 g/mol. The average molecular weight is 218 g/mol. The van der Waals surface area contributed by atoms with Crippen LogP contribution in [0.4, 0.5) is 5.95 Å². The van der Waals surface area contributed by atoms with Crippen molar-refractivity contribution in [2.75, 3.05) is 12.3 Å². The number of rotatable bonds is 4. The van der Waals surface area contributed by atoms with Gasteiger partial charge >= 0.3 is 0 Å². The fourth-order valence-corrected chi connectivity index (χ4v) is 1.37. The molecule has 84 valence electrons. The number of aromatic nitrogens is 3. The van der Waals surface area contributed by atoms with Crippen LogP contribution < -0.4 is 10.5 Å². The van der Waals surface area contributed by atoms with Gasteiger partial charge in [0.15, 0.2) is 0 Å². The Morgan fingerprint density at radius 3 is 2.62 bits per heavy atom. The van der Waals surface area contributed by atoms with Gasteiger partial charge in [-0.15, -0.1) is 10.2 Å². The Balaban J connectivity index is 1.87. The molecule has 2 N–H and O–H groups in total. The molecule has 1 heterocycles. The van der Waals surface area contributed by atoms with Crippen LogP contribution in [0.1, 0.15) is 5.82 Å². The topological polar surface area (TPSA) is 66.0 Å². The SMILES string of the molecule is Cn1c(N)nnc1CCOc1ccccc1. The van der Waals surface area contributed by atoms with Crippen LogP contribution in [0.3, 0.4) is 0 Å². The Hall–Kier alpha value is -2.04. The summed E-state index contributed by atoms with van der Waals surface area (Å²) in [7, 11) is 1.84. The highest BCUT2D eigenvalue weighted by Crippen LogP contribution is 2.09. The Morgan fingerprint density at radius 1 is 1.25 bits per heavy atom. The molecule has 0 aliphatic rings. The van der Waals surface area contributed by atoms with Crippen LogP contribution in [0.2, 0.25) is 0 Å². The lowest BCUT2D eigenvalue weighted by Crippen LogP contribution is -2.07. The van der Waals surface area contributed by atoms with Crippen molar-refractivity contribution in [1.82, 2.24) is 14.8 Å². The summed E-state index contributed by atoms with van der Waals surface area (Å²) >= 11 is 0. The van der Waals surface area contributed by atoms with Crippen LogP contribution in [0.5, 0.6) is 5.75 Å². The van der Waals surface area contributed by atoms with E-state index in [1.54, 1.807) is 4.57 Å². The number of ether oxygens (including phenoxy) is 1. The van der Waals surface area contributed by atoms with Crippen molar-refractivity contribution >= 4 is 5.95 Å². The van der Waals surface area contributed by atoms with Gasteiger partial charge in [0.2, 0.25) is 5.95 Å². The Labute approximate surface area is 93.9 Å². The summed E-state index contributed by atoms with van der Waals surface area (Å²) in [5, 5.41) is 7.73. The standard InChI is InChI=1S/C11H14N4O/c1-15-10(13-14-11(15)12)7-8-16-9-5-3-2-4-6-9/h2-6H,7-8H2,1H3,(H2,12,14). The van der Waals surface area contributed by atoms with Gasteiger partial charge in [0.25, 0.3) is 0 Å². The van der Waals surface area contributed by atoms with Gasteiger partial charge in [0.1, 0.15) is 11.6 Å². The summed E-state index contributed by atoms with van der Waals surface area (Å²) in [5.74, 6) is 2.11. The molecule has 0 radical (unpaired) electrons. The van der Waals surface area contributed by atoms with E-state index in [-0.39, 0.29) is 0 Å². The molecule has 0 bridgehead atoms. The number of benzene rings is 1. The van der Waals surface area contributed by atoms with Crippen LogP contribution in [0, 0.1) is 0 Å². The second-order valence-electron chi connectivity index (χ2n) is 3.44. The highest BCUT2D eigenvalue weighted by atomic mass is 16.5. The predicted molar refractivity (Wildman–Crippen MR) is 61.1 cm³/mol. The summed E-state index contributed by atoms with van der Waals surface area (Å²) in [6, 6.07) is 9.68. The first kappa shape index (κ1) is 10.5. The average Bonchev–Trinajstić information content (AvgIpc) is 2.62. The maximum atomic E-state index is 5.57. The summed E-state index contributed by atoms with van der Waals surface area (Å²) in [6.07, 6.45) is 0.690. The highest BCUT2D eigenvalue weighted by molar-refractivity contribution is 5.21. The van der Waals surface area contributed by atoms with Crippen molar-refractivity contribution in [3.05, 3.63) is 36.2 Å². The van der Waals surface area contributed by atoms with Crippen molar-refractivity contribution in [2.24, 2.45) is 7.05 Å². The number of para-hydroxylation sites is 1. The first-order valence-electron chi connectivity index (χ1n) is 5.09. The fourth-order valence-electron chi connectivity index (χ4n) is 1.37. The zero-order valence-electron chi connectivity index (χ0n) is 9.13. The molecule has 0 aliphatic heterocycles. The van der Waals surface area contributed by atoms with Crippen molar-refractivity contribution in [2.45, 2.75) is 6.42 Å². The van der Waals surface area contributed by atoms with Crippen LogP contribution in [-0.4, -0.2) is 21.4 Å². The number of hydrogen-bond acceptors (Lipinski definition) is 4. The molecule has 2 rings (SSSR count). The third kappa shape index (κ3) is 2.31. The van der Waals surface area contributed by atoms with Crippen LogP contribution in [0.25, 0.3) is 0 Å². The minimum Gasteiger partial charge on any atom is -0.493 e. The molecule has 0 amide bonds. The molecule has 0 saturated carbocycles. The highest BCUT2D eigenvalue weighted by Gasteiger charge is 2.04. The zero-order valence-corrected chi connectivity index (χ0v) is 9.13. The van der Waals surface area contributed by atoms with Gasteiger partial charge in [-0.25, -0.2) is 0 Å². The molecule has 2 aromatic rings. The summed E-state index contributed by atoms with van der Waals surface area (Å²) in [4.78, 5) is 0. The molecule has 0 atom stereocenters. The van der Waals surface area contributed by atoms with Gasteiger partial charge in [-0.2, -0.15) is 0 Å². The minimum absolute atomic E-state index is 0.426. The van der Waals surface area contributed by atoms with E-state index in [9.17, 15) is 0 Å². The Bertz CT molecular complexity index is 452. The Morgan fingerprint density at radius 2 is 2.00 bits per heavy atom. The van der Waals surface area contributed by atoms with Gasteiger partial charge in [0.05, 0.1) is 6.61 Å². The fraction of sp³-hybridized carbons (Fsp3) is 0.273. The number of hydrogen-bond donors (Lipinski definition) is 1. The number of anilines is 1. The van der Waals surface area contributed by atoms with Crippen LogP contribution >= 0.6 is 0 Å². The van der Waals surface area contributed by atoms with E-state index in [0.717, 1.165) is 11.6 Å². The maximum absolute atomic E-state index is 5.57. The number of nitrogen functional groups attached to an aromatic ring is 1. The van der Waals surface area contributed by atoms with Crippen molar-refractivity contribution in [3.63, 3.8) is 0 Å². The molecule has 0 aliphatic carbocycles. The Kier molecular flexibility index (Phi) is 3.05. The maximum Gasteiger partial charge on any atom is 0.221 e. The summed E-state index contributed by atoms with van der Waals surface area (Å²) < 4.78 is 7.31. The molecular formula is C11H14N4O. The van der Waals surface area contributed by atoms with E-state index in [2.05, 4.69) is 10.2 Å². The van der Waals surface area contributed by atoms with Crippen molar-refractivity contribution in [3.8, 4) is 5.75 Å². The van der Waals surface area contributed by atoms with Gasteiger partial charge < -0.3 is 15.0 Å². The van der Waals surface area contributed by atoms with E-state index in [1.165, 1.54) is 0 Å². The van der Waals surface area contributed by atoms with Crippen LogP contribution in [-0.2, 0) is 13.5 Å². The van der Waals surface area contributed by atoms with Gasteiger partial charge in [-0.3, -0.25) is 0 Å². The predicted octanol–water partition coefficient (Wildman–Crippen LogP) is 1.02. The first-order chi connectivity index (χ1) is 7.77. The lowest BCUT2D eigenvalue weighted by atomic mass is 10.3. The van der Waals surface area contributed by atoms with Crippen LogP contribution in [0.15, 0.2) is 30.3 Å². The van der Waals surface area contributed by atoms with Gasteiger partial charge in [-0.05, 0) is 12.1 Å². The molecule has 0 spiro atoms. The minimum atomic E-state index is 0.426. The molecule has 0 unspecified atom stereocenters. The van der Waals surface area contributed by atoms with Gasteiger partial charge in [0, 0.05) is 13.5 Å². The zero-order chi connectivity index (χ0) is 11.4. The molecule has 1 aromatic carbocycles. The third-order valence-electron chi connectivity index (χ3n) is 2.34. The summed E-state index contributed by atoms with van der Waals surface area (Å²) in [5.41, 5.74) is 5.57. The number of nitrogens with two attached hydrogens (primary N) is 1. The normalized spacial score (nSPS) is 10.3. The number of nitrogens with zero attached hydrogens (tertiary/aromatic N) is 3. The van der Waals surface area contributed by atoms with E-state index < -0.39 is 0 Å². The lowest BCUT2D eigenvalue weighted by Gasteiger charge is -2.05. The molecule has 16 heavy (non-hydrogen) atoms. The molecule has 1 aromatic heterocycles. The molecule has 5 heteroatoms. The molecule has 0 saturated heterocycles. The summed E-state index contributed by atoms with van der Waals surface area (Å²) in [6.45, 7) is 0.565. The largest absolute Gasteiger partial charge is 0.493 e. The van der Waals surface area contributed by atoms with Crippen molar-refractivity contribution in [1.29, 1.82) is 0 Å².